The van der Waals surface area contributed by atoms with Crippen LogP contribution in [0.25, 0.3) is 0 Å². The smallest absolute Gasteiger partial charge is 0.227 e. The Labute approximate surface area is 114 Å². The zero-order valence-electron chi connectivity index (χ0n) is 11.2. The third-order valence-electron chi connectivity index (χ3n) is 2.92. The van der Waals surface area contributed by atoms with Gasteiger partial charge in [0.25, 0.3) is 0 Å². The molecule has 7 nitrogen and oxygen atoms in total. The summed E-state index contributed by atoms with van der Waals surface area (Å²) < 4.78 is 6.97. The molecule has 7 heteroatoms. The third kappa shape index (κ3) is 2.71. The van der Waals surface area contributed by atoms with Crippen LogP contribution in [0.1, 0.15) is 29.4 Å². The minimum Gasteiger partial charge on any atom is -0.502 e. The van der Waals surface area contributed by atoms with Crippen molar-refractivity contribution >= 4 is 5.91 Å². The Morgan fingerprint density at radius 2 is 2.30 bits per heavy atom. The highest BCUT2D eigenvalue weighted by Gasteiger charge is 2.25. The predicted molar refractivity (Wildman–Crippen MR) is 70.2 cm³/mol. The van der Waals surface area contributed by atoms with E-state index in [4.69, 9.17) is 10.2 Å². The quantitative estimate of drug-likeness (QED) is 0.840. The SMILES string of the molecule is Cc1cc(=O)c(O)c([C@H](CC(N)=O)c2cnn(C)c2)o1. The van der Waals surface area contributed by atoms with E-state index in [1.165, 1.54) is 12.3 Å². The number of nitrogens with two attached hydrogens (primary N) is 1. The maximum atomic E-state index is 11.6. The second kappa shape index (κ2) is 5.20. The largest absolute Gasteiger partial charge is 0.502 e. The average Bonchev–Trinajstić information content (AvgIpc) is 2.77. The molecule has 1 atom stereocenters. The highest BCUT2D eigenvalue weighted by atomic mass is 16.4. The molecular weight excluding hydrogens is 262 g/mol. The number of primary amides is 1. The van der Waals surface area contributed by atoms with Crippen LogP contribution in [0, 0.1) is 6.92 Å². The molecule has 0 aromatic carbocycles. The molecule has 0 aliphatic heterocycles. The lowest BCUT2D eigenvalue weighted by Crippen LogP contribution is -2.17. The normalized spacial score (nSPS) is 12.3. The van der Waals surface area contributed by atoms with Gasteiger partial charge in [-0.3, -0.25) is 14.3 Å². The number of carbonyl (C=O) groups excluding carboxylic acids is 1. The fraction of sp³-hybridized carbons (Fsp3) is 0.308. The molecule has 0 radical (unpaired) electrons. The van der Waals surface area contributed by atoms with Gasteiger partial charge in [-0.2, -0.15) is 5.10 Å². The number of nitrogens with zero attached hydrogens (tertiary/aromatic N) is 2. The summed E-state index contributed by atoms with van der Waals surface area (Å²) in [6, 6.07) is 1.18. The predicted octanol–water partition coefficient (Wildman–Crippen LogP) is 0.395. The molecule has 2 aromatic rings. The first-order chi connectivity index (χ1) is 9.38. The highest BCUT2D eigenvalue weighted by molar-refractivity contribution is 5.75. The maximum Gasteiger partial charge on any atom is 0.227 e. The Kier molecular flexibility index (Phi) is 3.60. The van der Waals surface area contributed by atoms with Gasteiger partial charge in [-0.15, -0.1) is 0 Å². The molecular formula is C13H15N3O4. The standard InChI is InChI=1S/C13H15N3O4/c1-7-3-10(17)12(19)13(20-7)9(4-11(14)18)8-5-15-16(2)6-8/h3,5-6,9,19H,4H2,1-2H3,(H2,14,18)/t9-/m1/s1. The van der Waals surface area contributed by atoms with Gasteiger partial charge in [0.15, 0.2) is 5.76 Å². The lowest BCUT2D eigenvalue weighted by atomic mass is 9.94. The zero-order chi connectivity index (χ0) is 14.9. The molecule has 1 amide bonds. The van der Waals surface area contributed by atoms with Crippen LogP contribution in [0.3, 0.4) is 0 Å². The molecule has 0 unspecified atom stereocenters. The van der Waals surface area contributed by atoms with Crippen LogP contribution in [-0.4, -0.2) is 20.8 Å². The number of amides is 1. The number of hydrogen-bond acceptors (Lipinski definition) is 5. The van der Waals surface area contributed by atoms with Crippen LogP contribution in [0.4, 0.5) is 0 Å². The van der Waals surface area contributed by atoms with Gasteiger partial charge < -0.3 is 15.3 Å². The van der Waals surface area contributed by atoms with Gasteiger partial charge >= 0.3 is 0 Å². The fourth-order valence-electron chi connectivity index (χ4n) is 2.04. The first-order valence-corrected chi connectivity index (χ1v) is 5.99. The number of hydrogen-bond donors (Lipinski definition) is 2. The number of aromatic nitrogens is 2. The van der Waals surface area contributed by atoms with E-state index in [0.29, 0.717) is 11.3 Å². The molecule has 2 rings (SSSR count). The molecule has 0 spiro atoms. The van der Waals surface area contributed by atoms with E-state index in [9.17, 15) is 14.7 Å². The van der Waals surface area contributed by atoms with Crippen molar-refractivity contribution in [2.45, 2.75) is 19.3 Å². The summed E-state index contributed by atoms with van der Waals surface area (Å²) in [6.45, 7) is 1.59. The molecule has 2 heterocycles. The van der Waals surface area contributed by atoms with Crippen molar-refractivity contribution in [2.24, 2.45) is 12.8 Å². The maximum absolute atomic E-state index is 11.6. The van der Waals surface area contributed by atoms with Crippen LogP contribution in [-0.2, 0) is 11.8 Å². The molecule has 0 saturated heterocycles. The summed E-state index contributed by atoms with van der Waals surface area (Å²) >= 11 is 0. The van der Waals surface area contributed by atoms with E-state index < -0.39 is 23.0 Å². The monoisotopic (exact) mass is 277 g/mol. The number of aromatic hydroxyl groups is 1. The summed E-state index contributed by atoms with van der Waals surface area (Å²) in [5.74, 6) is -1.34. The van der Waals surface area contributed by atoms with Gasteiger partial charge in [0.2, 0.25) is 17.1 Å². The van der Waals surface area contributed by atoms with Crippen LogP contribution in [0.15, 0.2) is 27.7 Å². The van der Waals surface area contributed by atoms with Crippen molar-refractivity contribution < 1.29 is 14.3 Å². The summed E-state index contributed by atoms with van der Waals surface area (Å²) in [6.07, 6.45) is 3.12. The van der Waals surface area contributed by atoms with E-state index >= 15 is 0 Å². The molecule has 0 bridgehead atoms. The molecule has 2 aromatic heterocycles. The first-order valence-electron chi connectivity index (χ1n) is 5.99. The van der Waals surface area contributed by atoms with E-state index in [2.05, 4.69) is 5.10 Å². The Morgan fingerprint density at radius 3 is 2.85 bits per heavy atom. The summed E-state index contributed by atoms with van der Waals surface area (Å²) in [5, 5.41) is 13.9. The van der Waals surface area contributed by atoms with Crippen LogP contribution < -0.4 is 11.2 Å². The van der Waals surface area contributed by atoms with Crippen molar-refractivity contribution in [1.29, 1.82) is 0 Å². The minimum absolute atomic E-state index is 0.0294. The van der Waals surface area contributed by atoms with Crippen molar-refractivity contribution in [2.75, 3.05) is 0 Å². The van der Waals surface area contributed by atoms with Crippen molar-refractivity contribution in [3.63, 3.8) is 0 Å². The number of aryl methyl sites for hydroxylation is 2. The van der Waals surface area contributed by atoms with Gasteiger partial charge in [-0.25, -0.2) is 0 Å². The summed E-state index contributed by atoms with van der Waals surface area (Å²) in [4.78, 5) is 22.9. The Hall–Kier alpha value is -2.57. The number of rotatable bonds is 4. The van der Waals surface area contributed by atoms with Gasteiger partial charge in [0.1, 0.15) is 5.76 Å². The topological polar surface area (TPSA) is 111 Å². The van der Waals surface area contributed by atoms with Crippen LogP contribution >= 0.6 is 0 Å². The molecule has 0 aliphatic carbocycles. The summed E-state index contributed by atoms with van der Waals surface area (Å²) in [7, 11) is 1.72. The lowest BCUT2D eigenvalue weighted by molar-refractivity contribution is -0.118. The third-order valence-corrected chi connectivity index (χ3v) is 2.92. The van der Waals surface area contributed by atoms with Gasteiger partial charge in [0, 0.05) is 31.3 Å². The Morgan fingerprint density at radius 1 is 1.60 bits per heavy atom. The second-order valence-corrected chi connectivity index (χ2v) is 4.60. The van der Waals surface area contributed by atoms with E-state index in [1.54, 1.807) is 24.9 Å². The van der Waals surface area contributed by atoms with Crippen molar-refractivity contribution in [3.05, 3.63) is 45.8 Å². The first kappa shape index (κ1) is 13.9. The van der Waals surface area contributed by atoms with Gasteiger partial charge in [-0.05, 0) is 6.92 Å². The highest BCUT2D eigenvalue weighted by Crippen LogP contribution is 2.32. The van der Waals surface area contributed by atoms with Crippen LogP contribution in [0.5, 0.6) is 5.75 Å². The molecule has 0 aliphatic rings. The van der Waals surface area contributed by atoms with Crippen molar-refractivity contribution in [3.8, 4) is 5.75 Å². The summed E-state index contributed by atoms with van der Waals surface area (Å²) in [5.41, 5.74) is 5.31. The minimum atomic E-state index is -0.645. The molecule has 20 heavy (non-hydrogen) atoms. The van der Waals surface area contributed by atoms with Crippen molar-refractivity contribution in [1.82, 2.24) is 9.78 Å². The molecule has 0 saturated carbocycles. The lowest BCUT2D eigenvalue weighted by Gasteiger charge is -2.14. The average molecular weight is 277 g/mol. The van der Waals surface area contributed by atoms with E-state index in [-0.39, 0.29) is 12.2 Å². The van der Waals surface area contributed by atoms with E-state index in [1.807, 2.05) is 0 Å². The molecule has 3 N–H and O–H groups in total. The molecule has 106 valence electrons. The van der Waals surface area contributed by atoms with Gasteiger partial charge in [0.05, 0.1) is 12.1 Å². The number of carbonyl (C=O) groups is 1. The fourth-order valence-corrected chi connectivity index (χ4v) is 2.04. The Bertz CT molecular complexity index is 702. The molecule has 0 fully saturated rings. The van der Waals surface area contributed by atoms with Crippen LogP contribution in [0.2, 0.25) is 0 Å². The second-order valence-electron chi connectivity index (χ2n) is 4.60. The Balaban J connectivity index is 2.57. The zero-order valence-corrected chi connectivity index (χ0v) is 11.2. The van der Waals surface area contributed by atoms with E-state index in [0.717, 1.165) is 0 Å². The van der Waals surface area contributed by atoms with Gasteiger partial charge in [-0.1, -0.05) is 0 Å².